The van der Waals surface area contributed by atoms with Crippen molar-refractivity contribution in [1.82, 2.24) is 20.4 Å². The molecule has 2 rings (SSSR count). The summed E-state index contributed by atoms with van der Waals surface area (Å²) < 4.78 is 0. The number of hydrogen-bond acceptors (Lipinski definition) is 6. The van der Waals surface area contributed by atoms with Crippen molar-refractivity contribution in [3.8, 4) is 24.7 Å². The Balaban J connectivity index is 2.26. The predicted molar refractivity (Wildman–Crippen MR) is 187 cm³/mol. The molecule has 1 aliphatic carbocycles. The highest BCUT2D eigenvalue weighted by atomic mass is 16.3. The molecule has 47 heavy (non-hydrogen) atoms. The van der Waals surface area contributed by atoms with E-state index in [1.54, 1.807) is 18.9 Å². The van der Waals surface area contributed by atoms with Crippen LogP contribution in [0.3, 0.4) is 0 Å². The SMILES string of the molecule is C#CCCCC(O)[C@H](O)C(CC1CCCCC1)NC(=O)[C@@H](NC(=O)C(CC(=O)N(C)CCN(C)CC)Cc1ccccc1)C(C)C#C. The van der Waals surface area contributed by atoms with Gasteiger partial charge in [-0.2, -0.15) is 0 Å². The summed E-state index contributed by atoms with van der Waals surface area (Å²) in [5.41, 5.74) is 0.898. The third-order valence-electron chi connectivity index (χ3n) is 9.51. The van der Waals surface area contributed by atoms with E-state index >= 15 is 0 Å². The fourth-order valence-corrected chi connectivity index (χ4v) is 6.10. The number of hydrogen-bond donors (Lipinski definition) is 4. The first-order valence-corrected chi connectivity index (χ1v) is 17.3. The van der Waals surface area contributed by atoms with Gasteiger partial charge in [0.1, 0.15) is 6.04 Å². The second-order valence-electron chi connectivity index (χ2n) is 13.3. The third kappa shape index (κ3) is 14.1. The van der Waals surface area contributed by atoms with E-state index in [1.807, 2.05) is 44.3 Å². The van der Waals surface area contributed by atoms with Crippen LogP contribution in [0.15, 0.2) is 30.3 Å². The molecule has 0 aliphatic heterocycles. The third-order valence-corrected chi connectivity index (χ3v) is 9.51. The number of nitrogens with zero attached hydrogens (tertiary/aromatic N) is 2. The first-order valence-electron chi connectivity index (χ1n) is 17.3. The highest BCUT2D eigenvalue weighted by Crippen LogP contribution is 2.29. The molecule has 0 saturated heterocycles. The van der Waals surface area contributed by atoms with Crippen molar-refractivity contribution < 1.29 is 24.6 Å². The summed E-state index contributed by atoms with van der Waals surface area (Å²) in [6.45, 7) is 5.83. The van der Waals surface area contributed by atoms with Gasteiger partial charge in [-0.3, -0.25) is 14.4 Å². The van der Waals surface area contributed by atoms with Gasteiger partial charge >= 0.3 is 0 Å². The summed E-state index contributed by atoms with van der Waals surface area (Å²) in [6.07, 6.45) is 16.3. The van der Waals surface area contributed by atoms with Crippen molar-refractivity contribution >= 4 is 17.7 Å². The van der Waals surface area contributed by atoms with Gasteiger partial charge < -0.3 is 30.6 Å². The fraction of sp³-hybridized carbons (Fsp3) is 0.658. The molecule has 6 atom stereocenters. The van der Waals surface area contributed by atoms with Crippen LogP contribution in [0, 0.1) is 42.4 Å². The Morgan fingerprint density at radius 2 is 1.68 bits per heavy atom. The van der Waals surface area contributed by atoms with Crippen LogP contribution in [-0.4, -0.2) is 95.8 Å². The Hall–Kier alpha value is -3.37. The molecule has 1 saturated carbocycles. The lowest BCUT2D eigenvalue weighted by molar-refractivity contribution is -0.137. The van der Waals surface area contributed by atoms with Crippen molar-refractivity contribution in [1.29, 1.82) is 0 Å². The number of aliphatic hydroxyl groups excluding tert-OH is 2. The number of aliphatic hydroxyl groups is 2. The second-order valence-corrected chi connectivity index (χ2v) is 13.3. The van der Waals surface area contributed by atoms with Crippen LogP contribution in [-0.2, 0) is 20.8 Å². The van der Waals surface area contributed by atoms with Crippen molar-refractivity contribution in [2.75, 3.05) is 33.7 Å². The molecule has 0 bridgehead atoms. The summed E-state index contributed by atoms with van der Waals surface area (Å²) in [6, 6.07) is 7.64. The topological polar surface area (TPSA) is 122 Å². The quantitative estimate of drug-likeness (QED) is 0.127. The van der Waals surface area contributed by atoms with Crippen molar-refractivity contribution in [2.45, 2.75) is 109 Å². The second kappa shape index (κ2) is 21.5. The Kier molecular flexibility index (Phi) is 18.2. The Labute approximate surface area is 283 Å². The first kappa shape index (κ1) is 39.8. The molecule has 1 aromatic carbocycles. The summed E-state index contributed by atoms with van der Waals surface area (Å²) in [5.74, 6) is 2.90. The van der Waals surface area contributed by atoms with Crippen LogP contribution in [0.1, 0.15) is 83.6 Å². The molecule has 3 amide bonds. The van der Waals surface area contributed by atoms with Crippen LogP contribution in [0.5, 0.6) is 0 Å². The van der Waals surface area contributed by atoms with Crippen LogP contribution >= 0.6 is 0 Å². The maximum Gasteiger partial charge on any atom is 0.244 e. The number of rotatable bonds is 20. The monoisotopic (exact) mass is 650 g/mol. The Morgan fingerprint density at radius 1 is 1.00 bits per heavy atom. The molecule has 4 unspecified atom stereocenters. The minimum atomic E-state index is -1.21. The first-order chi connectivity index (χ1) is 22.5. The molecule has 1 aliphatic rings. The van der Waals surface area contributed by atoms with E-state index in [9.17, 15) is 24.6 Å². The lowest BCUT2D eigenvalue weighted by Crippen LogP contribution is -2.57. The van der Waals surface area contributed by atoms with Crippen LogP contribution in [0.25, 0.3) is 0 Å². The lowest BCUT2D eigenvalue weighted by atomic mass is 9.82. The fourth-order valence-electron chi connectivity index (χ4n) is 6.10. The molecule has 0 spiro atoms. The Bertz CT molecular complexity index is 1170. The highest BCUT2D eigenvalue weighted by Gasteiger charge is 2.35. The molecular weight excluding hydrogens is 592 g/mol. The van der Waals surface area contributed by atoms with Crippen LogP contribution < -0.4 is 10.6 Å². The largest absolute Gasteiger partial charge is 0.390 e. The lowest BCUT2D eigenvalue weighted by Gasteiger charge is -2.34. The van der Waals surface area contributed by atoms with Gasteiger partial charge in [0.05, 0.1) is 24.2 Å². The zero-order valence-electron chi connectivity index (χ0n) is 29.0. The van der Waals surface area contributed by atoms with Gasteiger partial charge in [-0.05, 0) is 57.7 Å². The summed E-state index contributed by atoms with van der Waals surface area (Å²) in [5, 5.41) is 27.9. The van der Waals surface area contributed by atoms with Gasteiger partial charge in [0, 0.05) is 38.9 Å². The molecule has 9 heteroatoms. The summed E-state index contributed by atoms with van der Waals surface area (Å²) in [4.78, 5) is 44.8. The molecule has 0 aromatic heterocycles. The van der Waals surface area contributed by atoms with E-state index in [0.29, 0.717) is 51.1 Å². The number of carbonyl (C=O) groups is 3. The van der Waals surface area contributed by atoms with Gasteiger partial charge in [0.25, 0.3) is 0 Å². The number of amides is 3. The normalized spacial score (nSPS) is 17.3. The molecule has 0 radical (unpaired) electrons. The van der Waals surface area contributed by atoms with Crippen molar-refractivity contribution in [2.24, 2.45) is 17.8 Å². The number of likely N-dealkylation sites (N-methyl/N-ethyl adjacent to an activating group) is 2. The predicted octanol–water partition coefficient (Wildman–Crippen LogP) is 3.38. The summed E-state index contributed by atoms with van der Waals surface area (Å²) >= 11 is 0. The highest BCUT2D eigenvalue weighted by molar-refractivity contribution is 5.91. The van der Waals surface area contributed by atoms with E-state index in [-0.39, 0.29) is 12.3 Å². The van der Waals surface area contributed by atoms with Gasteiger partial charge in [-0.15, -0.1) is 24.7 Å². The van der Waals surface area contributed by atoms with E-state index in [4.69, 9.17) is 12.8 Å². The number of terminal acetylenes is 2. The molecular formula is C38H58N4O5. The van der Waals surface area contributed by atoms with Gasteiger partial charge in [-0.1, -0.05) is 69.4 Å². The maximum atomic E-state index is 13.9. The zero-order chi connectivity index (χ0) is 34.8. The van der Waals surface area contributed by atoms with E-state index in [1.165, 1.54) is 0 Å². The molecule has 1 fully saturated rings. The van der Waals surface area contributed by atoms with Crippen LogP contribution in [0.4, 0.5) is 0 Å². The van der Waals surface area contributed by atoms with E-state index in [0.717, 1.165) is 44.2 Å². The number of benzene rings is 1. The van der Waals surface area contributed by atoms with E-state index in [2.05, 4.69) is 27.4 Å². The number of nitrogens with one attached hydrogen (secondary N) is 2. The van der Waals surface area contributed by atoms with E-state index < -0.39 is 47.9 Å². The van der Waals surface area contributed by atoms with Crippen molar-refractivity contribution in [3.05, 3.63) is 35.9 Å². The Morgan fingerprint density at radius 3 is 2.30 bits per heavy atom. The number of unbranched alkanes of at least 4 members (excludes halogenated alkanes) is 1. The number of carbonyl (C=O) groups excluding carboxylic acids is 3. The smallest absolute Gasteiger partial charge is 0.244 e. The molecule has 1 aromatic rings. The van der Waals surface area contributed by atoms with Crippen molar-refractivity contribution in [3.63, 3.8) is 0 Å². The van der Waals surface area contributed by atoms with Crippen LogP contribution in [0.2, 0.25) is 0 Å². The molecule has 0 heterocycles. The van der Waals surface area contributed by atoms with Gasteiger partial charge in [-0.25, -0.2) is 0 Å². The van der Waals surface area contributed by atoms with Gasteiger partial charge in [0.15, 0.2) is 0 Å². The average Bonchev–Trinajstić information content (AvgIpc) is 3.08. The minimum absolute atomic E-state index is 0.0291. The average molecular weight is 651 g/mol. The standard InChI is InChI=1S/C38H58N4O5/c1-7-10-13-22-33(43)36(45)32(26-30-20-16-12-17-21-30)39-38(47)35(28(4)8-2)40-37(46)31(25-29-18-14-11-15-19-29)27-34(44)42(6)24-23-41(5)9-3/h1-2,11,14-15,18-19,28,30-33,35-36,43,45H,9-10,12-13,16-17,20-27H2,3-6H3,(H,39,47)(H,40,46)/t28?,31?,32?,33?,35-,36+/m0/s1. The zero-order valence-corrected chi connectivity index (χ0v) is 29.0. The molecule has 9 nitrogen and oxygen atoms in total. The summed E-state index contributed by atoms with van der Waals surface area (Å²) in [7, 11) is 3.72. The maximum absolute atomic E-state index is 13.9. The molecule has 4 N–H and O–H groups in total. The minimum Gasteiger partial charge on any atom is -0.390 e. The van der Waals surface area contributed by atoms with Gasteiger partial charge in [0.2, 0.25) is 17.7 Å². The molecule has 260 valence electrons.